The fourth-order valence-electron chi connectivity index (χ4n) is 2.27. The lowest BCUT2D eigenvalue weighted by atomic mass is 10.1. The Hall–Kier alpha value is -2.50. The lowest BCUT2D eigenvalue weighted by molar-refractivity contribution is 0.286. The zero-order valence-corrected chi connectivity index (χ0v) is 13.7. The van der Waals surface area contributed by atoms with Crippen molar-refractivity contribution in [3.05, 3.63) is 35.5 Å². The van der Waals surface area contributed by atoms with Crippen LogP contribution in [0.4, 0.5) is 11.8 Å². The number of nitrogens with two attached hydrogens (primary N) is 2. The molecule has 0 bridgehead atoms. The van der Waals surface area contributed by atoms with E-state index in [9.17, 15) is 0 Å². The lowest BCUT2D eigenvalue weighted by Gasteiger charge is -2.12. The van der Waals surface area contributed by atoms with Crippen molar-refractivity contribution in [1.29, 1.82) is 0 Å². The first kappa shape index (κ1) is 16.9. The van der Waals surface area contributed by atoms with Gasteiger partial charge in [-0.1, -0.05) is 25.8 Å². The predicted octanol–water partition coefficient (Wildman–Crippen LogP) is 2.81. The number of hydrogen-bond donors (Lipinski definition) is 2. The molecule has 1 aromatic heterocycles. The molecule has 1 heterocycles. The summed E-state index contributed by atoms with van der Waals surface area (Å²) in [5.74, 6) is 2.05. The highest BCUT2D eigenvalue weighted by atomic mass is 16.5. The summed E-state index contributed by atoms with van der Waals surface area (Å²) in [7, 11) is 1.64. The van der Waals surface area contributed by atoms with Gasteiger partial charge in [-0.25, -0.2) is 4.98 Å². The van der Waals surface area contributed by atoms with E-state index in [0.717, 1.165) is 29.7 Å². The van der Waals surface area contributed by atoms with Crippen LogP contribution < -0.4 is 20.9 Å². The van der Waals surface area contributed by atoms with Crippen LogP contribution in [-0.4, -0.2) is 23.7 Å². The molecule has 0 aliphatic rings. The summed E-state index contributed by atoms with van der Waals surface area (Å²) in [6.07, 6.45) is 5.64. The van der Waals surface area contributed by atoms with Crippen molar-refractivity contribution in [1.82, 2.24) is 9.97 Å². The molecule has 6 nitrogen and oxygen atoms in total. The summed E-state index contributed by atoms with van der Waals surface area (Å²) in [6, 6.07) is 5.87. The van der Waals surface area contributed by atoms with E-state index >= 15 is 0 Å². The van der Waals surface area contributed by atoms with Gasteiger partial charge in [0.05, 0.1) is 13.7 Å². The van der Waals surface area contributed by atoms with Crippen molar-refractivity contribution in [2.45, 2.75) is 32.6 Å². The summed E-state index contributed by atoms with van der Waals surface area (Å²) in [5.41, 5.74) is 13.3. The molecule has 0 aliphatic heterocycles. The average Bonchev–Trinajstić information content (AvgIpc) is 2.55. The minimum Gasteiger partial charge on any atom is -0.493 e. The van der Waals surface area contributed by atoms with E-state index in [2.05, 4.69) is 16.9 Å². The maximum atomic E-state index is 5.88. The van der Waals surface area contributed by atoms with Crippen LogP contribution in [0.5, 0.6) is 11.5 Å². The second-order valence-electron chi connectivity index (χ2n) is 5.36. The summed E-state index contributed by atoms with van der Waals surface area (Å²) in [5, 5.41) is 0. The third-order valence-corrected chi connectivity index (χ3v) is 3.54. The number of ether oxygens (including phenoxy) is 2. The molecule has 0 saturated carbocycles. The lowest BCUT2D eigenvalue weighted by Crippen LogP contribution is -2.04. The third-order valence-electron chi connectivity index (χ3n) is 3.54. The van der Waals surface area contributed by atoms with Crippen LogP contribution in [0, 0.1) is 0 Å². The van der Waals surface area contributed by atoms with Crippen molar-refractivity contribution in [3.8, 4) is 11.5 Å². The standard InChI is InChI=1S/C17H24N4O2/c1-3-4-5-8-23-14-7-6-12(10-15(14)22-2)9-13-11-20-17(19)21-16(13)18/h6-7,10-11H,3-5,8-9H2,1-2H3,(H4,18,19,20,21). The Morgan fingerprint density at radius 2 is 1.96 bits per heavy atom. The Morgan fingerprint density at radius 3 is 2.65 bits per heavy atom. The third kappa shape index (κ3) is 4.74. The molecule has 0 unspecified atom stereocenters. The van der Waals surface area contributed by atoms with Gasteiger partial charge in [-0.05, 0) is 24.1 Å². The highest BCUT2D eigenvalue weighted by Gasteiger charge is 2.09. The Labute approximate surface area is 136 Å². The minimum atomic E-state index is 0.180. The van der Waals surface area contributed by atoms with Gasteiger partial charge < -0.3 is 20.9 Å². The molecule has 2 aromatic rings. The second-order valence-corrected chi connectivity index (χ2v) is 5.36. The second kappa shape index (κ2) is 8.22. The molecule has 0 fully saturated rings. The topological polar surface area (TPSA) is 96.3 Å². The number of unbranched alkanes of at least 4 members (excludes halogenated alkanes) is 2. The van der Waals surface area contributed by atoms with Crippen molar-refractivity contribution in [2.24, 2.45) is 0 Å². The summed E-state index contributed by atoms with van der Waals surface area (Å²) in [6.45, 7) is 2.87. The largest absolute Gasteiger partial charge is 0.493 e. The van der Waals surface area contributed by atoms with Crippen molar-refractivity contribution in [3.63, 3.8) is 0 Å². The summed E-state index contributed by atoms with van der Waals surface area (Å²) >= 11 is 0. The van der Waals surface area contributed by atoms with Gasteiger partial charge in [-0.15, -0.1) is 0 Å². The van der Waals surface area contributed by atoms with Gasteiger partial charge in [0.1, 0.15) is 5.82 Å². The van der Waals surface area contributed by atoms with Crippen LogP contribution in [0.2, 0.25) is 0 Å². The quantitative estimate of drug-likeness (QED) is 0.727. The van der Waals surface area contributed by atoms with Gasteiger partial charge in [0.2, 0.25) is 5.95 Å². The van der Waals surface area contributed by atoms with Crippen molar-refractivity contribution in [2.75, 3.05) is 25.2 Å². The number of nitrogen functional groups attached to an aromatic ring is 2. The Bertz CT molecular complexity index is 646. The van der Waals surface area contributed by atoms with Crippen LogP contribution in [0.15, 0.2) is 24.4 Å². The molecule has 0 saturated heterocycles. The highest BCUT2D eigenvalue weighted by molar-refractivity contribution is 5.48. The summed E-state index contributed by atoms with van der Waals surface area (Å²) in [4.78, 5) is 7.96. The molecule has 0 spiro atoms. The number of rotatable bonds is 8. The smallest absolute Gasteiger partial charge is 0.221 e. The molecule has 2 rings (SSSR count). The zero-order chi connectivity index (χ0) is 16.7. The van der Waals surface area contributed by atoms with Crippen LogP contribution in [0.25, 0.3) is 0 Å². The fourth-order valence-corrected chi connectivity index (χ4v) is 2.27. The Morgan fingerprint density at radius 1 is 1.13 bits per heavy atom. The molecule has 4 N–H and O–H groups in total. The van der Waals surface area contributed by atoms with E-state index in [4.69, 9.17) is 20.9 Å². The molecule has 23 heavy (non-hydrogen) atoms. The normalized spacial score (nSPS) is 10.5. The van der Waals surface area contributed by atoms with Crippen molar-refractivity contribution >= 4 is 11.8 Å². The molecule has 0 amide bonds. The van der Waals surface area contributed by atoms with E-state index in [1.807, 2.05) is 18.2 Å². The molecular formula is C17H24N4O2. The van der Waals surface area contributed by atoms with E-state index in [0.29, 0.717) is 24.6 Å². The Balaban J connectivity index is 2.08. The van der Waals surface area contributed by atoms with E-state index < -0.39 is 0 Å². The maximum absolute atomic E-state index is 5.88. The number of methoxy groups -OCH3 is 1. The van der Waals surface area contributed by atoms with E-state index in [-0.39, 0.29) is 5.95 Å². The number of benzene rings is 1. The molecular weight excluding hydrogens is 292 g/mol. The van der Waals surface area contributed by atoms with Crippen LogP contribution in [0.3, 0.4) is 0 Å². The van der Waals surface area contributed by atoms with Crippen molar-refractivity contribution < 1.29 is 9.47 Å². The van der Waals surface area contributed by atoms with Gasteiger partial charge >= 0.3 is 0 Å². The number of hydrogen-bond acceptors (Lipinski definition) is 6. The molecule has 0 radical (unpaired) electrons. The van der Waals surface area contributed by atoms with Gasteiger partial charge in [0, 0.05) is 18.2 Å². The molecule has 1 aromatic carbocycles. The van der Waals surface area contributed by atoms with E-state index in [1.54, 1.807) is 13.3 Å². The highest BCUT2D eigenvalue weighted by Crippen LogP contribution is 2.29. The molecule has 124 valence electrons. The Kier molecular flexibility index (Phi) is 6.02. The molecule has 0 atom stereocenters. The van der Waals surface area contributed by atoms with Gasteiger partial charge in [-0.3, -0.25) is 0 Å². The fraction of sp³-hybridized carbons (Fsp3) is 0.412. The van der Waals surface area contributed by atoms with Gasteiger partial charge in [-0.2, -0.15) is 4.98 Å². The average molecular weight is 316 g/mol. The van der Waals surface area contributed by atoms with Crippen LogP contribution >= 0.6 is 0 Å². The number of nitrogens with zero attached hydrogens (tertiary/aromatic N) is 2. The van der Waals surface area contributed by atoms with E-state index in [1.165, 1.54) is 6.42 Å². The first-order valence-electron chi connectivity index (χ1n) is 7.80. The van der Waals surface area contributed by atoms with Crippen LogP contribution in [0.1, 0.15) is 37.3 Å². The minimum absolute atomic E-state index is 0.180. The molecule has 6 heteroatoms. The molecule has 0 aliphatic carbocycles. The number of anilines is 2. The number of aromatic nitrogens is 2. The first-order chi connectivity index (χ1) is 11.1. The van der Waals surface area contributed by atoms with Gasteiger partial charge in [0.15, 0.2) is 11.5 Å². The predicted molar refractivity (Wildman–Crippen MR) is 91.7 cm³/mol. The zero-order valence-electron chi connectivity index (χ0n) is 13.7. The summed E-state index contributed by atoms with van der Waals surface area (Å²) < 4.78 is 11.2. The van der Waals surface area contributed by atoms with Crippen LogP contribution in [-0.2, 0) is 6.42 Å². The van der Waals surface area contributed by atoms with Gasteiger partial charge in [0.25, 0.3) is 0 Å². The SMILES string of the molecule is CCCCCOc1ccc(Cc2cnc(N)nc2N)cc1OC. The first-order valence-corrected chi connectivity index (χ1v) is 7.80. The maximum Gasteiger partial charge on any atom is 0.221 e. The monoisotopic (exact) mass is 316 g/mol.